The van der Waals surface area contributed by atoms with Gasteiger partial charge >= 0.3 is 6.03 Å². The Balaban J connectivity index is 1.53. The van der Waals surface area contributed by atoms with Crippen LogP contribution in [0.15, 0.2) is 72.9 Å². The third-order valence-corrected chi connectivity index (χ3v) is 7.22. The van der Waals surface area contributed by atoms with Gasteiger partial charge in [0.2, 0.25) is 0 Å². The van der Waals surface area contributed by atoms with E-state index < -0.39 is 0 Å². The average molecular weight is 470 g/mol. The summed E-state index contributed by atoms with van der Waals surface area (Å²) in [6.07, 6.45) is 6.31. The number of carbonyl (C=O) groups excluding carboxylic acids is 1. The molecule has 1 saturated carbocycles. The number of nitrogens with one attached hydrogen (secondary N) is 1. The van der Waals surface area contributed by atoms with Crippen LogP contribution in [-0.2, 0) is 6.54 Å². The van der Waals surface area contributed by atoms with Crippen LogP contribution in [0.25, 0.3) is 11.5 Å². The topological polar surface area (TPSA) is 55.1 Å². The van der Waals surface area contributed by atoms with Crippen LogP contribution in [0.5, 0.6) is 0 Å². The van der Waals surface area contributed by atoms with E-state index in [0.29, 0.717) is 6.54 Å². The fourth-order valence-corrected chi connectivity index (χ4v) is 5.47. The lowest BCUT2D eigenvalue weighted by atomic mass is 10.0. The molecule has 1 aliphatic heterocycles. The smallest absolute Gasteiger partial charge is 0.318 e. The maximum Gasteiger partial charge on any atom is 0.318 e. The molecule has 1 atom stereocenters. The predicted molar refractivity (Wildman–Crippen MR) is 132 cm³/mol. The second-order valence-electron chi connectivity index (χ2n) is 9.45. The third-order valence-electron chi connectivity index (χ3n) is 7.22. The minimum atomic E-state index is -0.372. The van der Waals surface area contributed by atoms with Gasteiger partial charge in [0, 0.05) is 17.8 Å². The van der Waals surface area contributed by atoms with E-state index in [2.05, 4.69) is 9.88 Å². The van der Waals surface area contributed by atoms with Crippen LogP contribution >= 0.6 is 0 Å². The van der Waals surface area contributed by atoms with Gasteiger partial charge in [-0.25, -0.2) is 13.9 Å². The van der Waals surface area contributed by atoms with Crippen molar-refractivity contribution in [3.63, 3.8) is 0 Å². The van der Waals surface area contributed by atoms with Gasteiger partial charge in [0.05, 0.1) is 29.7 Å². The normalized spacial score (nSPS) is 17.7. The minimum Gasteiger partial charge on any atom is -0.335 e. The van der Waals surface area contributed by atoms with E-state index >= 15 is 0 Å². The molecule has 0 bridgehead atoms. The Morgan fingerprint density at radius 1 is 1.00 bits per heavy atom. The second-order valence-corrected chi connectivity index (χ2v) is 9.45. The maximum absolute atomic E-state index is 13.8. The molecular formula is C28H28FN5O. The Hall–Kier alpha value is -3.87. The largest absolute Gasteiger partial charge is 0.335 e. The zero-order valence-electron chi connectivity index (χ0n) is 19.7. The van der Waals surface area contributed by atoms with Crippen LogP contribution in [-0.4, -0.2) is 31.3 Å². The van der Waals surface area contributed by atoms with Crippen molar-refractivity contribution in [2.45, 2.75) is 51.2 Å². The van der Waals surface area contributed by atoms with Crippen molar-refractivity contribution >= 4 is 6.03 Å². The summed E-state index contributed by atoms with van der Waals surface area (Å²) in [4.78, 5) is 15.7. The van der Waals surface area contributed by atoms with Gasteiger partial charge in [0.1, 0.15) is 11.6 Å². The predicted octanol–water partition coefficient (Wildman–Crippen LogP) is 5.67. The van der Waals surface area contributed by atoms with E-state index in [9.17, 15) is 9.18 Å². The zero-order valence-corrected chi connectivity index (χ0v) is 19.7. The number of halogens is 1. The Bertz CT molecular complexity index is 1350. The van der Waals surface area contributed by atoms with E-state index in [0.717, 1.165) is 59.7 Å². The number of para-hydroxylation sites is 1. The fourth-order valence-electron chi connectivity index (χ4n) is 5.47. The maximum atomic E-state index is 13.8. The average Bonchev–Trinajstić information content (AvgIpc) is 3.60. The Labute approximate surface area is 204 Å². The molecule has 178 valence electrons. The van der Waals surface area contributed by atoms with Crippen molar-refractivity contribution in [2.75, 3.05) is 0 Å². The highest BCUT2D eigenvalue weighted by Gasteiger charge is 2.36. The Morgan fingerprint density at radius 3 is 2.49 bits per heavy atom. The van der Waals surface area contributed by atoms with Crippen LogP contribution in [0.4, 0.5) is 9.18 Å². The summed E-state index contributed by atoms with van der Waals surface area (Å²) in [5.41, 5.74) is 4.64. The first kappa shape index (κ1) is 21.6. The van der Waals surface area contributed by atoms with Crippen molar-refractivity contribution in [1.82, 2.24) is 24.6 Å². The summed E-state index contributed by atoms with van der Waals surface area (Å²) < 4.78 is 17.9. The molecule has 3 heterocycles. The molecule has 1 N–H and O–H groups in total. The van der Waals surface area contributed by atoms with Crippen molar-refractivity contribution in [3.05, 3.63) is 101 Å². The number of amides is 2. The van der Waals surface area contributed by atoms with Gasteiger partial charge in [-0.15, -0.1) is 0 Å². The first-order chi connectivity index (χ1) is 17.1. The van der Waals surface area contributed by atoms with Gasteiger partial charge in [0.25, 0.3) is 0 Å². The lowest BCUT2D eigenvalue weighted by Crippen LogP contribution is -2.45. The number of aromatic nitrogens is 3. The van der Waals surface area contributed by atoms with E-state index in [4.69, 9.17) is 5.10 Å². The molecule has 0 unspecified atom stereocenters. The van der Waals surface area contributed by atoms with Crippen LogP contribution in [0.3, 0.4) is 0 Å². The zero-order chi connectivity index (χ0) is 23.9. The molecule has 35 heavy (non-hydrogen) atoms. The van der Waals surface area contributed by atoms with E-state index in [-0.39, 0.29) is 23.9 Å². The number of hydrogen-bond donors (Lipinski definition) is 1. The molecule has 6 rings (SSSR count). The first-order valence-electron chi connectivity index (χ1n) is 12.2. The molecule has 0 radical (unpaired) electrons. The van der Waals surface area contributed by atoms with E-state index in [1.807, 2.05) is 65.2 Å². The molecule has 6 nitrogen and oxygen atoms in total. The standard InChI is InChI=1S/C28H28FN5O/c1-19-24-18-33(28(35)30-22-8-5-6-9-22)26(20-13-15-21(29)16-14-20)25-12-7-17-32(25)27(24)34(31-19)23-10-3-2-4-11-23/h2-4,7,10-17,22,26H,5-6,8-9,18H2,1H3,(H,30,35)/t26-/m0/s1. The molecule has 2 aliphatic rings. The monoisotopic (exact) mass is 469 g/mol. The molecule has 1 aliphatic carbocycles. The highest BCUT2D eigenvalue weighted by Crippen LogP contribution is 2.38. The van der Waals surface area contributed by atoms with Crippen LogP contribution in [0.1, 0.15) is 54.2 Å². The molecule has 1 fully saturated rings. The summed E-state index contributed by atoms with van der Waals surface area (Å²) in [6.45, 7) is 2.39. The molecule has 0 spiro atoms. The van der Waals surface area contributed by atoms with Crippen LogP contribution < -0.4 is 5.32 Å². The number of nitrogens with zero attached hydrogens (tertiary/aromatic N) is 4. The quantitative estimate of drug-likeness (QED) is 0.420. The number of rotatable bonds is 3. The van der Waals surface area contributed by atoms with Crippen molar-refractivity contribution in [3.8, 4) is 11.5 Å². The van der Waals surface area contributed by atoms with E-state index in [1.165, 1.54) is 12.1 Å². The SMILES string of the molecule is Cc1nn(-c2ccccc2)c2c1CN(C(=O)NC1CCCC1)[C@@H](c1ccc(F)cc1)c1cccn1-2. The van der Waals surface area contributed by atoms with Crippen molar-refractivity contribution in [1.29, 1.82) is 0 Å². The number of carbonyl (C=O) groups is 1. The van der Waals surface area contributed by atoms with Crippen LogP contribution in [0.2, 0.25) is 0 Å². The highest BCUT2D eigenvalue weighted by molar-refractivity contribution is 5.76. The van der Waals surface area contributed by atoms with E-state index in [1.54, 1.807) is 12.1 Å². The van der Waals surface area contributed by atoms with Gasteiger partial charge in [-0.1, -0.05) is 43.2 Å². The molecular weight excluding hydrogens is 441 g/mol. The summed E-state index contributed by atoms with van der Waals surface area (Å²) in [6, 6.07) is 20.3. The lowest BCUT2D eigenvalue weighted by molar-refractivity contribution is 0.176. The van der Waals surface area contributed by atoms with Gasteiger partial charge in [-0.2, -0.15) is 5.10 Å². The van der Waals surface area contributed by atoms with Gasteiger partial charge < -0.3 is 14.8 Å². The molecule has 2 aromatic heterocycles. The number of aryl methyl sites for hydroxylation is 1. The third kappa shape index (κ3) is 3.81. The van der Waals surface area contributed by atoms with Gasteiger partial charge in [-0.05, 0) is 61.7 Å². The molecule has 4 aromatic rings. The van der Waals surface area contributed by atoms with Gasteiger partial charge in [0.15, 0.2) is 0 Å². The summed E-state index contributed by atoms with van der Waals surface area (Å²) in [7, 11) is 0. The second kappa shape index (κ2) is 8.73. The van der Waals surface area contributed by atoms with Crippen molar-refractivity contribution < 1.29 is 9.18 Å². The highest BCUT2D eigenvalue weighted by atomic mass is 19.1. The summed E-state index contributed by atoms with van der Waals surface area (Å²) in [5, 5.41) is 8.15. The number of benzene rings is 2. The molecule has 7 heteroatoms. The first-order valence-corrected chi connectivity index (χ1v) is 12.2. The summed E-state index contributed by atoms with van der Waals surface area (Å²) in [5.74, 6) is 0.635. The lowest BCUT2D eigenvalue weighted by Gasteiger charge is -2.32. The molecule has 0 saturated heterocycles. The Morgan fingerprint density at radius 2 is 1.74 bits per heavy atom. The molecule has 2 aromatic carbocycles. The number of urea groups is 1. The fraction of sp³-hybridized carbons (Fsp3) is 0.286. The van der Waals surface area contributed by atoms with Gasteiger partial charge in [-0.3, -0.25) is 0 Å². The minimum absolute atomic E-state index is 0.0984. The number of fused-ring (bicyclic) bond motifs is 3. The summed E-state index contributed by atoms with van der Waals surface area (Å²) >= 11 is 0. The molecule has 2 amide bonds. The van der Waals surface area contributed by atoms with Crippen molar-refractivity contribution in [2.24, 2.45) is 0 Å². The van der Waals surface area contributed by atoms with Crippen LogP contribution in [0, 0.1) is 12.7 Å². The Kier molecular flexibility index (Phi) is 5.40. The number of hydrogen-bond acceptors (Lipinski definition) is 2.